The first-order chi connectivity index (χ1) is 30.7. The fourth-order valence-corrected chi connectivity index (χ4v) is 21.0. The van der Waals surface area contributed by atoms with Gasteiger partial charge in [-0.2, -0.15) is 0 Å². The molecule has 64 heavy (non-hydrogen) atoms. The lowest BCUT2D eigenvalue weighted by Gasteiger charge is -2.44. The van der Waals surface area contributed by atoms with Gasteiger partial charge in [-0.1, -0.05) is 221 Å². The zero-order chi connectivity index (χ0) is 45.5. The quantitative estimate of drug-likeness (QED) is 0.0674. The molecule has 4 saturated heterocycles. The summed E-state index contributed by atoms with van der Waals surface area (Å²) < 4.78 is 38.6. The van der Waals surface area contributed by atoms with Crippen LogP contribution in [0, 0.1) is 11.8 Å². The summed E-state index contributed by atoms with van der Waals surface area (Å²) in [4.78, 5) is 24.3. The summed E-state index contributed by atoms with van der Waals surface area (Å²) in [6.45, 7) is 15.5. The van der Waals surface area contributed by atoms with Crippen LogP contribution in [0.3, 0.4) is 0 Å². The Morgan fingerprint density at radius 3 is 1.08 bits per heavy atom. The van der Waals surface area contributed by atoms with E-state index in [1.54, 1.807) is 0 Å². The van der Waals surface area contributed by atoms with Gasteiger partial charge in [-0.05, 0) is 56.5 Å². The van der Waals surface area contributed by atoms with Crippen LogP contribution in [0.1, 0.15) is 80.1 Å². The number of ether oxygens (including phenoxy) is 4. The van der Waals surface area contributed by atoms with E-state index in [1.165, 1.54) is 20.7 Å². The van der Waals surface area contributed by atoms with Crippen LogP contribution in [0.2, 0.25) is 10.1 Å². The first-order valence-electron chi connectivity index (χ1n) is 23.1. The Bertz CT molecular complexity index is 1870. The Morgan fingerprint density at radius 2 is 0.797 bits per heavy atom. The highest BCUT2D eigenvalue weighted by Gasteiger charge is 2.53. The van der Waals surface area contributed by atoms with Crippen molar-refractivity contribution in [2.24, 2.45) is 11.8 Å². The first-order valence-corrected chi connectivity index (χ1v) is 29.4. The standard InChI is InChI=1S/2C26H33IO4Si/c2*1-26(2,3)32(19-11-6-4-7-12-19,20-13-8-5-9-14-20)30-18-24-22(27)16-10-15-21-23(31-24)17-29-25(21)28/h2*4-9,11-14,21-24H,10,15-18H2,1-3H3/t21-,22+,23-,24+;21-,22-,23-,24+/m00/s1. The molecule has 8 rings (SSSR count). The van der Waals surface area contributed by atoms with E-state index in [-0.39, 0.29) is 58.3 Å². The van der Waals surface area contributed by atoms with E-state index < -0.39 is 16.6 Å². The van der Waals surface area contributed by atoms with E-state index in [1.807, 2.05) is 0 Å². The molecule has 4 aromatic rings. The molecule has 0 spiro atoms. The third-order valence-electron chi connectivity index (χ3n) is 13.5. The normalized spacial score (nSPS) is 26.7. The molecule has 12 heteroatoms. The molecule has 344 valence electrons. The molecule has 0 aliphatic carbocycles. The van der Waals surface area contributed by atoms with Gasteiger partial charge in [0.25, 0.3) is 16.6 Å². The van der Waals surface area contributed by atoms with Crippen molar-refractivity contribution < 1.29 is 37.4 Å². The number of carbonyl (C=O) groups is 2. The minimum atomic E-state index is -2.62. The fourth-order valence-electron chi connectivity index (χ4n) is 10.2. The van der Waals surface area contributed by atoms with Gasteiger partial charge in [-0.25, -0.2) is 0 Å². The summed E-state index contributed by atoms with van der Waals surface area (Å²) in [5.74, 6) is -0.467. The van der Waals surface area contributed by atoms with Crippen LogP contribution < -0.4 is 20.7 Å². The molecule has 4 fully saturated rings. The van der Waals surface area contributed by atoms with Gasteiger partial charge >= 0.3 is 11.9 Å². The third-order valence-corrected chi connectivity index (χ3v) is 26.4. The van der Waals surface area contributed by atoms with Crippen LogP contribution in [-0.4, -0.2) is 87.3 Å². The van der Waals surface area contributed by atoms with E-state index in [0.717, 1.165) is 38.5 Å². The average Bonchev–Trinajstić information content (AvgIpc) is 3.80. The van der Waals surface area contributed by atoms with Gasteiger partial charge in [-0.15, -0.1) is 0 Å². The summed E-state index contributed by atoms with van der Waals surface area (Å²) in [7, 11) is -5.24. The van der Waals surface area contributed by atoms with E-state index in [2.05, 4.69) is 208 Å². The molecular formula is C52H66I2O8Si2. The Kier molecular flexibility index (Phi) is 16.7. The maximum absolute atomic E-state index is 12.2. The summed E-state index contributed by atoms with van der Waals surface area (Å²) in [6, 6.07) is 42.8. The highest BCUT2D eigenvalue weighted by molar-refractivity contribution is 14.1. The minimum Gasteiger partial charge on any atom is -0.463 e. The lowest BCUT2D eigenvalue weighted by atomic mass is 9.95. The van der Waals surface area contributed by atoms with Crippen molar-refractivity contribution >= 4 is 94.5 Å². The molecule has 0 amide bonds. The lowest BCUT2D eigenvalue weighted by Crippen LogP contribution is -2.67. The minimum absolute atomic E-state index is 0.0699. The number of hydrogen-bond donors (Lipinski definition) is 0. The third kappa shape index (κ3) is 10.8. The Morgan fingerprint density at radius 1 is 0.500 bits per heavy atom. The molecule has 0 unspecified atom stereocenters. The van der Waals surface area contributed by atoms with Gasteiger partial charge in [-0.3, -0.25) is 9.59 Å². The predicted octanol–water partition coefficient (Wildman–Crippen LogP) is 8.95. The van der Waals surface area contributed by atoms with Crippen molar-refractivity contribution in [1.29, 1.82) is 0 Å². The maximum Gasteiger partial charge on any atom is 0.311 e. The molecule has 8 nitrogen and oxygen atoms in total. The van der Waals surface area contributed by atoms with Crippen molar-refractivity contribution in [2.75, 3.05) is 26.4 Å². The summed E-state index contributed by atoms with van der Waals surface area (Å²) in [5.41, 5.74) is 0. The summed E-state index contributed by atoms with van der Waals surface area (Å²) >= 11 is 5.01. The number of halogens is 2. The Labute approximate surface area is 410 Å². The molecule has 0 N–H and O–H groups in total. The molecule has 4 heterocycles. The van der Waals surface area contributed by atoms with Gasteiger partial charge in [0.05, 0.1) is 37.3 Å². The predicted molar refractivity (Wildman–Crippen MR) is 277 cm³/mol. The molecule has 0 aromatic heterocycles. The van der Waals surface area contributed by atoms with Crippen LogP contribution in [0.4, 0.5) is 0 Å². The number of cyclic esters (lactones) is 2. The molecule has 4 aliphatic heterocycles. The monoisotopic (exact) mass is 1130 g/mol. The molecule has 0 bridgehead atoms. The van der Waals surface area contributed by atoms with Crippen LogP contribution >= 0.6 is 45.2 Å². The van der Waals surface area contributed by atoms with Gasteiger partial charge < -0.3 is 27.8 Å². The maximum atomic E-state index is 12.2. The number of carbonyl (C=O) groups excluding carboxylic acids is 2. The molecule has 8 atom stereocenters. The topological polar surface area (TPSA) is 89.5 Å². The molecule has 4 aromatic carbocycles. The van der Waals surface area contributed by atoms with Crippen LogP contribution in [0.25, 0.3) is 0 Å². The average molecular weight is 1130 g/mol. The lowest BCUT2D eigenvalue weighted by molar-refractivity contribution is -0.142. The van der Waals surface area contributed by atoms with E-state index in [0.29, 0.717) is 34.3 Å². The van der Waals surface area contributed by atoms with E-state index >= 15 is 0 Å². The zero-order valence-electron chi connectivity index (χ0n) is 38.3. The second-order valence-corrected chi connectivity index (χ2v) is 31.6. The van der Waals surface area contributed by atoms with E-state index in [9.17, 15) is 9.59 Å². The Balaban J connectivity index is 0.000000191. The number of fused-ring (bicyclic) bond motifs is 2. The van der Waals surface area contributed by atoms with Gasteiger partial charge in [0.2, 0.25) is 0 Å². The van der Waals surface area contributed by atoms with Gasteiger partial charge in [0.15, 0.2) is 0 Å². The van der Waals surface area contributed by atoms with Crippen LogP contribution in [0.5, 0.6) is 0 Å². The fraction of sp³-hybridized carbons (Fsp3) is 0.500. The molecule has 0 saturated carbocycles. The van der Waals surface area contributed by atoms with Gasteiger partial charge in [0.1, 0.15) is 25.4 Å². The Hall–Kier alpha value is -2.45. The van der Waals surface area contributed by atoms with Crippen molar-refractivity contribution in [3.05, 3.63) is 121 Å². The molecule has 0 radical (unpaired) electrons. The number of rotatable bonds is 10. The second kappa shape index (κ2) is 21.7. The highest BCUT2D eigenvalue weighted by atomic mass is 127. The van der Waals surface area contributed by atoms with Crippen LogP contribution in [-0.2, 0) is 37.4 Å². The van der Waals surface area contributed by atoms with Crippen molar-refractivity contribution in [3.8, 4) is 0 Å². The number of alkyl halides is 2. The van der Waals surface area contributed by atoms with Crippen molar-refractivity contribution in [1.82, 2.24) is 0 Å². The first kappa shape index (κ1) is 49.5. The van der Waals surface area contributed by atoms with Crippen LogP contribution in [0.15, 0.2) is 121 Å². The van der Waals surface area contributed by atoms with Crippen molar-refractivity contribution in [3.63, 3.8) is 0 Å². The van der Waals surface area contributed by atoms with Gasteiger partial charge in [0, 0.05) is 7.85 Å². The second-order valence-electron chi connectivity index (χ2n) is 19.7. The number of esters is 2. The molecular weight excluding hydrogens is 1060 g/mol. The van der Waals surface area contributed by atoms with Crippen molar-refractivity contribution in [2.45, 2.75) is 122 Å². The summed E-state index contributed by atoms with van der Waals surface area (Å²) in [5, 5.41) is 4.93. The number of benzene rings is 4. The summed E-state index contributed by atoms with van der Waals surface area (Å²) in [6.07, 6.45) is 5.32. The zero-order valence-corrected chi connectivity index (χ0v) is 44.6. The molecule has 4 aliphatic rings. The SMILES string of the molecule is CC(C)(C)[Si](OC[C@H]1O[C@H]2COC(=O)[C@H]2CCC[C@@H]1I)(c1ccccc1)c1ccccc1.CC(C)(C)[Si](OC[C@H]1O[C@H]2COC(=O)[C@H]2CCC[C@H]1I)(c1ccccc1)c1ccccc1. The van der Waals surface area contributed by atoms with E-state index in [4.69, 9.17) is 27.8 Å². The smallest absolute Gasteiger partial charge is 0.311 e. The largest absolute Gasteiger partial charge is 0.463 e. The number of hydrogen-bond acceptors (Lipinski definition) is 8. The highest BCUT2D eigenvalue weighted by Crippen LogP contribution is 2.40.